The molecule has 2 rings (SSSR count). The van der Waals surface area contributed by atoms with Crippen LogP contribution in [0.2, 0.25) is 0 Å². The Morgan fingerprint density at radius 3 is 2.54 bits per heavy atom. The van der Waals surface area contributed by atoms with Crippen LogP contribution in [0.4, 0.5) is 10.1 Å². The lowest BCUT2D eigenvalue weighted by atomic mass is 10.3. The van der Waals surface area contributed by atoms with Crippen LogP contribution in [0.3, 0.4) is 0 Å². The minimum absolute atomic E-state index is 0.0891. The first kappa shape index (κ1) is 9.24. The maximum Gasteiger partial charge on any atom is 0.147 e. The van der Waals surface area contributed by atoms with Crippen LogP contribution in [0.25, 0.3) is 0 Å². The molecule has 3 heteroatoms. The van der Waals surface area contributed by atoms with Gasteiger partial charge in [-0.15, -0.1) is 0 Å². The Bertz CT molecular complexity index is 308. The van der Waals surface area contributed by atoms with E-state index >= 15 is 0 Å². The summed E-state index contributed by atoms with van der Waals surface area (Å²) in [5, 5.41) is 0. The van der Waals surface area contributed by atoms with Gasteiger partial charge in [0.05, 0.1) is 5.69 Å². The van der Waals surface area contributed by atoms with Gasteiger partial charge in [-0.2, -0.15) is 0 Å². The number of hydrogen-bond donors (Lipinski definition) is 0. The quantitative estimate of drug-likeness (QED) is 0.719. The highest BCUT2D eigenvalue weighted by atomic mass is 127. The number of nitrogens with zero attached hydrogens (tertiary/aromatic N) is 1. The standard InChI is InChI=1S/C10H11FIN/c11-9-7-8(12)3-4-10(9)13-5-1-2-6-13/h3-4,7H,1-2,5-6H2. The van der Waals surface area contributed by atoms with Crippen LogP contribution >= 0.6 is 22.6 Å². The van der Waals surface area contributed by atoms with E-state index in [1.807, 2.05) is 12.1 Å². The highest BCUT2D eigenvalue weighted by Crippen LogP contribution is 2.24. The van der Waals surface area contributed by atoms with Gasteiger partial charge in [0.1, 0.15) is 5.82 Å². The van der Waals surface area contributed by atoms with Crippen molar-refractivity contribution in [2.75, 3.05) is 18.0 Å². The smallest absolute Gasteiger partial charge is 0.147 e. The van der Waals surface area contributed by atoms with E-state index in [0.29, 0.717) is 0 Å². The minimum Gasteiger partial charge on any atom is -0.369 e. The van der Waals surface area contributed by atoms with E-state index in [1.165, 1.54) is 12.8 Å². The molecule has 0 radical (unpaired) electrons. The van der Waals surface area contributed by atoms with Gasteiger partial charge in [0.15, 0.2) is 0 Å². The van der Waals surface area contributed by atoms with Gasteiger partial charge in [-0.3, -0.25) is 0 Å². The molecule has 0 unspecified atom stereocenters. The molecule has 1 aromatic carbocycles. The van der Waals surface area contributed by atoms with Crippen molar-refractivity contribution in [3.63, 3.8) is 0 Å². The first-order chi connectivity index (χ1) is 6.27. The first-order valence-electron chi connectivity index (χ1n) is 4.47. The van der Waals surface area contributed by atoms with Crippen LogP contribution in [0.5, 0.6) is 0 Å². The monoisotopic (exact) mass is 291 g/mol. The van der Waals surface area contributed by atoms with Crippen molar-refractivity contribution in [2.24, 2.45) is 0 Å². The first-order valence-corrected chi connectivity index (χ1v) is 5.55. The molecule has 0 saturated carbocycles. The Balaban J connectivity index is 2.29. The van der Waals surface area contributed by atoms with E-state index in [2.05, 4.69) is 27.5 Å². The van der Waals surface area contributed by atoms with E-state index < -0.39 is 0 Å². The number of anilines is 1. The Hall–Kier alpha value is -0.320. The van der Waals surface area contributed by atoms with Crippen molar-refractivity contribution in [1.29, 1.82) is 0 Å². The van der Waals surface area contributed by atoms with E-state index in [4.69, 9.17) is 0 Å². The van der Waals surface area contributed by atoms with Gasteiger partial charge in [0, 0.05) is 16.7 Å². The summed E-state index contributed by atoms with van der Waals surface area (Å²) in [6.45, 7) is 2.00. The SMILES string of the molecule is Fc1cc(I)ccc1N1CCCC1. The molecule has 0 amide bonds. The minimum atomic E-state index is -0.0891. The van der Waals surface area contributed by atoms with Gasteiger partial charge in [-0.25, -0.2) is 4.39 Å². The van der Waals surface area contributed by atoms with Crippen molar-refractivity contribution >= 4 is 28.3 Å². The largest absolute Gasteiger partial charge is 0.369 e. The second-order valence-corrected chi connectivity index (χ2v) is 4.54. The van der Waals surface area contributed by atoms with Crippen molar-refractivity contribution < 1.29 is 4.39 Å². The zero-order chi connectivity index (χ0) is 9.26. The molecule has 0 aromatic heterocycles. The summed E-state index contributed by atoms with van der Waals surface area (Å²) >= 11 is 2.13. The van der Waals surface area contributed by atoms with Gasteiger partial charge in [-0.05, 0) is 53.6 Å². The molecule has 1 aromatic rings. The van der Waals surface area contributed by atoms with Crippen LogP contribution in [0.15, 0.2) is 18.2 Å². The van der Waals surface area contributed by atoms with Crippen LogP contribution in [-0.2, 0) is 0 Å². The number of benzene rings is 1. The zero-order valence-corrected chi connectivity index (χ0v) is 9.42. The van der Waals surface area contributed by atoms with Crippen molar-refractivity contribution in [1.82, 2.24) is 0 Å². The predicted octanol–water partition coefficient (Wildman–Crippen LogP) is 3.03. The van der Waals surface area contributed by atoms with Gasteiger partial charge in [0.2, 0.25) is 0 Å². The molecule has 0 N–H and O–H groups in total. The van der Waals surface area contributed by atoms with E-state index in [0.717, 1.165) is 22.3 Å². The molecule has 0 atom stereocenters. The third-order valence-electron chi connectivity index (χ3n) is 2.36. The number of rotatable bonds is 1. The molecule has 1 aliphatic heterocycles. The fraction of sp³-hybridized carbons (Fsp3) is 0.400. The summed E-state index contributed by atoms with van der Waals surface area (Å²) in [5.41, 5.74) is 0.762. The van der Waals surface area contributed by atoms with Crippen molar-refractivity contribution in [3.8, 4) is 0 Å². The molecule has 0 spiro atoms. The lowest BCUT2D eigenvalue weighted by molar-refractivity contribution is 0.622. The van der Waals surface area contributed by atoms with Gasteiger partial charge >= 0.3 is 0 Å². The average molecular weight is 291 g/mol. The summed E-state index contributed by atoms with van der Waals surface area (Å²) in [7, 11) is 0. The number of halogens is 2. The fourth-order valence-electron chi connectivity index (χ4n) is 1.70. The molecule has 0 bridgehead atoms. The summed E-state index contributed by atoms with van der Waals surface area (Å²) in [6.07, 6.45) is 2.37. The fourth-order valence-corrected chi connectivity index (χ4v) is 2.15. The molecule has 13 heavy (non-hydrogen) atoms. The average Bonchev–Trinajstić information content (AvgIpc) is 2.56. The van der Waals surface area contributed by atoms with Crippen LogP contribution in [-0.4, -0.2) is 13.1 Å². The lowest BCUT2D eigenvalue weighted by Crippen LogP contribution is -2.18. The second-order valence-electron chi connectivity index (χ2n) is 3.29. The molecular weight excluding hydrogens is 280 g/mol. The highest BCUT2D eigenvalue weighted by Gasteiger charge is 2.15. The second kappa shape index (κ2) is 3.82. The van der Waals surface area contributed by atoms with Crippen LogP contribution in [0, 0.1) is 9.39 Å². The normalized spacial score (nSPS) is 16.6. The van der Waals surface area contributed by atoms with Gasteiger partial charge in [-0.1, -0.05) is 0 Å². The van der Waals surface area contributed by atoms with E-state index in [-0.39, 0.29) is 5.82 Å². The lowest BCUT2D eigenvalue weighted by Gasteiger charge is -2.18. The highest BCUT2D eigenvalue weighted by molar-refractivity contribution is 14.1. The van der Waals surface area contributed by atoms with Gasteiger partial charge in [0.25, 0.3) is 0 Å². The zero-order valence-electron chi connectivity index (χ0n) is 7.26. The predicted molar refractivity (Wildman–Crippen MR) is 60.6 cm³/mol. The third-order valence-corrected chi connectivity index (χ3v) is 3.03. The van der Waals surface area contributed by atoms with Crippen LogP contribution in [0.1, 0.15) is 12.8 Å². The third kappa shape index (κ3) is 1.95. The molecule has 1 heterocycles. The van der Waals surface area contributed by atoms with E-state index in [9.17, 15) is 4.39 Å². The molecule has 1 aliphatic rings. The molecule has 1 saturated heterocycles. The molecule has 0 aliphatic carbocycles. The summed E-state index contributed by atoms with van der Waals surface area (Å²) < 4.78 is 14.4. The summed E-state index contributed by atoms with van der Waals surface area (Å²) in [6, 6.07) is 5.42. The van der Waals surface area contributed by atoms with Crippen molar-refractivity contribution in [2.45, 2.75) is 12.8 Å². The molecule has 1 nitrogen and oxygen atoms in total. The Kier molecular flexibility index (Phi) is 2.71. The Labute approximate surface area is 91.1 Å². The molecular formula is C10H11FIN. The van der Waals surface area contributed by atoms with E-state index in [1.54, 1.807) is 6.07 Å². The Morgan fingerprint density at radius 2 is 1.92 bits per heavy atom. The van der Waals surface area contributed by atoms with Crippen LogP contribution < -0.4 is 4.90 Å². The van der Waals surface area contributed by atoms with Gasteiger partial charge < -0.3 is 4.90 Å². The maximum absolute atomic E-state index is 13.5. The summed E-state index contributed by atoms with van der Waals surface area (Å²) in [5.74, 6) is -0.0891. The maximum atomic E-state index is 13.5. The molecule has 1 fully saturated rings. The Morgan fingerprint density at radius 1 is 1.23 bits per heavy atom. The topological polar surface area (TPSA) is 3.24 Å². The summed E-state index contributed by atoms with van der Waals surface area (Å²) in [4.78, 5) is 2.12. The molecule has 70 valence electrons. The number of hydrogen-bond acceptors (Lipinski definition) is 1. The van der Waals surface area contributed by atoms with Crippen molar-refractivity contribution in [3.05, 3.63) is 27.6 Å².